The molecule has 3 fully saturated rings. The van der Waals surface area contributed by atoms with Crippen LogP contribution in [0.1, 0.15) is 38.5 Å². The zero-order valence-corrected chi connectivity index (χ0v) is 13.1. The van der Waals surface area contributed by atoms with E-state index >= 15 is 0 Å². The summed E-state index contributed by atoms with van der Waals surface area (Å²) in [4.78, 5) is 17.6. The highest BCUT2D eigenvalue weighted by molar-refractivity contribution is 5.83. The van der Waals surface area contributed by atoms with Gasteiger partial charge in [0, 0.05) is 38.9 Å². The Balaban J connectivity index is 1.60. The lowest BCUT2D eigenvalue weighted by Crippen LogP contribution is -2.51. The van der Waals surface area contributed by atoms with Gasteiger partial charge >= 0.3 is 0 Å². The van der Waals surface area contributed by atoms with Gasteiger partial charge in [0.2, 0.25) is 5.91 Å². The van der Waals surface area contributed by atoms with E-state index in [9.17, 15) is 4.79 Å². The molecule has 0 bridgehead atoms. The predicted octanol–water partition coefficient (Wildman–Crippen LogP) is 0.829. The molecule has 3 rings (SSSR count). The molecule has 0 saturated carbocycles. The molecule has 5 heteroatoms. The number of carbonyl (C=O) groups excluding carboxylic acids is 1. The molecule has 21 heavy (non-hydrogen) atoms. The predicted molar refractivity (Wildman–Crippen MR) is 81.9 cm³/mol. The topological polar surface area (TPSA) is 58.8 Å². The Kier molecular flexibility index (Phi) is 4.82. The molecule has 0 spiro atoms. The first kappa shape index (κ1) is 15.3. The van der Waals surface area contributed by atoms with E-state index in [1.54, 1.807) is 0 Å². The minimum absolute atomic E-state index is 0.285. The summed E-state index contributed by atoms with van der Waals surface area (Å²) >= 11 is 0. The van der Waals surface area contributed by atoms with Crippen LogP contribution in [0.15, 0.2) is 0 Å². The molecule has 3 aliphatic rings. The average Bonchev–Trinajstić information content (AvgIpc) is 3.05. The zero-order chi connectivity index (χ0) is 14.7. The number of likely N-dealkylation sites (tertiary alicyclic amines) is 2. The van der Waals surface area contributed by atoms with Crippen molar-refractivity contribution < 1.29 is 9.53 Å². The van der Waals surface area contributed by atoms with Gasteiger partial charge in [0.15, 0.2) is 0 Å². The summed E-state index contributed by atoms with van der Waals surface area (Å²) in [6, 6.07) is 0.573. The second-order valence-corrected chi connectivity index (χ2v) is 6.89. The minimum Gasteiger partial charge on any atom is -0.381 e. The van der Waals surface area contributed by atoms with Crippen molar-refractivity contribution in [3.8, 4) is 0 Å². The maximum absolute atomic E-state index is 13.0. The molecule has 5 nitrogen and oxygen atoms in total. The molecule has 3 saturated heterocycles. The van der Waals surface area contributed by atoms with Crippen LogP contribution in [0.25, 0.3) is 0 Å². The van der Waals surface area contributed by atoms with Crippen LogP contribution in [-0.4, -0.2) is 67.7 Å². The van der Waals surface area contributed by atoms with Gasteiger partial charge in [-0.2, -0.15) is 0 Å². The summed E-state index contributed by atoms with van der Waals surface area (Å²) in [6.45, 7) is 6.04. The monoisotopic (exact) mass is 295 g/mol. The Morgan fingerprint density at radius 2 is 1.86 bits per heavy atom. The number of piperidine rings is 1. The average molecular weight is 295 g/mol. The fourth-order valence-corrected chi connectivity index (χ4v) is 4.11. The molecule has 3 aliphatic heterocycles. The van der Waals surface area contributed by atoms with E-state index < -0.39 is 0 Å². The Morgan fingerprint density at radius 3 is 2.52 bits per heavy atom. The van der Waals surface area contributed by atoms with E-state index in [1.807, 2.05) is 0 Å². The lowest BCUT2D eigenvalue weighted by molar-refractivity contribution is -0.146. The van der Waals surface area contributed by atoms with Crippen molar-refractivity contribution in [2.24, 2.45) is 11.1 Å². The van der Waals surface area contributed by atoms with Crippen LogP contribution in [0.5, 0.6) is 0 Å². The van der Waals surface area contributed by atoms with E-state index in [4.69, 9.17) is 10.5 Å². The maximum atomic E-state index is 13.0. The molecular weight excluding hydrogens is 266 g/mol. The van der Waals surface area contributed by atoms with Crippen LogP contribution in [0, 0.1) is 5.41 Å². The number of nitrogens with zero attached hydrogens (tertiary/aromatic N) is 2. The number of rotatable bonds is 3. The number of nitrogens with two attached hydrogens (primary N) is 1. The lowest BCUT2D eigenvalue weighted by Gasteiger charge is -2.38. The normalized spacial score (nSPS) is 30.5. The summed E-state index contributed by atoms with van der Waals surface area (Å²) in [7, 11) is 0. The van der Waals surface area contributed by atoms with E-state index in [1.165, 1.54) is 32.4 Å². The summed E-state index contributed by atoms with van der Waals surface area (Å²) in [6.07, 6.45) is 6.69. The second kappa shape index (κ2) is 6.63. The number of carbonyl (C=O) groups is 1. The van der Waals surface area contributed by atoms with Crippen molar-refractivity contribution in [1.82, 2.24) is 9.80 Å². The molecule has 0 aromatic rings. The van der Waals surface area contributed by atoms with Crippen LogP contribution in [0.2, 0.25) is 0 Å². The first-order valence-electron chi connectivity index (χ1n) is 8.56. The molecular formula is C16H29N3O2. The molecule has 1 amide bonds. The third kappa shape index (κ3) is 3.10. The summed E-state index contributed by atoms with van der Waals surface area (Å²) in [5.74, 6) is 0.285. The van der Waals surface area contributed by atoms with Gasteiger partial charge in [0.25, 0.3) is 0 Å². The molecule has 120 valence electrons. The van der Waals surface area contributed by atoms with E-state index in [-0.39, 0.29) is 11.3 Å². The van der Waals surface area contributed by atoms with Crippen LogP contribution in [0.3, 0.4) is 0 Å². The van der Waals surface area contributed by atoms with E-state index in [2.05, 4.69) is 9.80 Å². The third-order valence-corrected chi connectivity index (χ3v) is 5.65. The first-order chi connectivity index (χ1) is 10.2. The minimum atomic E-state index is -0.352. The number of amides is 1. The summed E-state index contributed by atoms with van der Waals surface area (Å²) in [5.41, 5.74) is 5.62. The molecule has 0 aromatic carbocycles. The van der Waals surface area contributed by atoms with Crippen LogP contribution in [-0.2, 0) is 9.53 Å². The number of ether oxygens (including phenoxy) is 1. The fraction of sp³-hybridized carbons (Fsp3) is 0.938. The van der Waals surface area contributed by atoms with Crippen molar-refractivity contribution in [3.05, 3.63) is 0 Å². The van der Waals surface area contributed by atoms with Gasteiger partial charge in [-0.3, -0.25) is 9.69 Å². The van der Waals surface area contributed by atoms with Crippen molar-refractivity contribution >= 4 is 5.91 Å². The Hall–Kier alpha value is -0.650. The van der Waals surface area contributed by atoms with E-state index in [0.29, 0.717) is 25.8 Å². The lowest BCUT2D eigenvalue weighted by atomic mass is 9.79. The van der Waals surface area contributed by atoms with E-state index in [0.717, 1.165) is 32.4 Å². The highest BCUT2D eigenvalue weighted by atomic mass is 16.5. The quantitative estimate of drug-likeness (QED) is 0.838. The van der Waals surface area contributed by atoms with Gasteiger partial charge in [0.05, 0.1) is 5.41 Å². The van der Waals surface area contributed by atoms with Gasteiger partial charge in [-0.25, -0.2) is 0 Å². The number of hydrogen-bond acceptors (Lipinski definition) is 4. The number of hydrogen-bond donors (Lipinski definition) is 1. The Morgan fingerprint density at radius 1 is 1.14 bits per heavy atom. The summed E-state index contributed by atoms with van der Waals surface area (Å²) in [5, 5.41) is 0. The molecule has 1 unspecified atom stereocenters. The SMILES string of the molecule is NCC1(C(=O)N2CCC(N3CCCCC3)C2)CCOCC1. The highest BCUT2D eigenvalue weighted by Crippen LogP contribution is 2.33. The van der Waals surface area contributed by atoms with Crippen molar-refractivity contribution in [2.75, 3.05) is 45.9 Å². The van der Waals surface area contributed by atoms with Crippen molar-refractivity contribution in [2.45, 2.75) is 44.6 Å². The van der Waals surface area contributed by atoms with Gasteiger partial charge in [-0.15, -0.1) is 0 Å². The summed E-state index contributed by atoms with van der Waals surface area (Å²) < 4.78 is 5.42. The maximum Gasteiger partial charge on any atom is 0.230 e. The standard InChI is InChI=1S/C16H29N3O2/c17-13-16(5-10-21-11-6-16)15(20)19-9-4-14(12-19)18-7-2-1-3-8-18/h14H,1-13,17H2. The smallest absolute Gasteiger partial charge is 0.230 e. The van der Waals surface area contributed by atoms with Gasteiger partial charge in [-0.1, -0.05) is 6.42 Å². The fourth-order valence-electron chi connectivity index (χ4n) is 4.11. The Bertz CT molecular complexity index is 363. The van der Waals surface area contributed by atoms with Gasteiger partial charge in [-0.05, 0) is 45.2 Å². The highest BCUT2D eigenvalue weighted by Gasteiger charge is 2.43. The third-order valence-electron chi connectivity index (χ3n) is 5.65. The molecule has 0 aliphatic carbocycles. The molecule has 0 radical (unpaired) electrons. The van der Waals surface area contributed by atoms with Crippen LogP contribution < -0.4 is 5.73 Å². The molecule has 3 heterocycles. The molecule has 1 atom stereocenters. The Labute approximate surface area is 127 Å². The zero-order valence-electron chi connectivity index (χ0n) is 13.1. The van der Waals surface area contributed by atoms with Gasteiger partial charge in [0.1, 0.15) is 0 Å². The first-order valence-corrected chi connectivity index (χ1v) is 8.56. The van der Waals surface area contributed by atoms with Crippen LogP contribution >= 0.6 is 0 Å². The molecule has 0 aromatic heterocycles. The van der Waals surface area contributed by atoms with Gasteiger partial charge < -0.3 is 15.4 Å². The van der Waals surface area contributed by atoms with Crippen molar-refractivity contribution in [3.63, 3.8) is 0 Å². The van der Waals surface area contributed by atoms with Crippen molar-refractivity contribution in [1.29, 1.82) is 0 Å². The molecule has 2 N–H and O–H groups in total. The van der Waals surface area contributed by atoms with Crippen LogP contribution in [0.4, 0.5) is 0 Å². The second-order valence-electron chi connectivity index (χ2n) is 6.89. The largest absolute Gasteiger partial charge is 0.381 e.